The molecule has 1 atom stereocenters. The van der Waals surface area contributed by atoms with E-state index in [0.29, 0.717) is 25.8 Å². The number of amides is 1. The largest absolute Gasteiger partial charge is 0.480 e. The number of carbonyl (C=O) groups excluding carboxylic acids is 1. The molecule has 3 rings (SSSR count). The van der Waals surface area contributed by atoms with Gasteiger partial charge in [-0.15, -0.1) is 0 Å². The fourth-order valence-electron chi connectivity index (χ4n) is 3.71. The van der Waals surface area contributed by atoms with Crippen molar-refractivity contribution in [3.05, 3.63) is 59.7 Å². The van der Waals surface area contributed by atoms with Crippen LogP contribution in [0.15, 0.2) is 48.5 Å². The quantitative estimate of drug-likeness (QED) is 0.607. The SMILES string of the molecule is C[C@@](CCCCN)(NC(=O)OCC1c2ccccc2-c2ccccc21)C(=O)O. The molecular formula is C22H26N2O4. The third-order valence-electron chi connectivity index (χ3n) is 5.32. The topological polar surface area (TPSA) is 102 Å². The lowest BCUT2D eigenvalue weighted by Gasteiger charge is -2.26. The summed E-state index contributed by atoms with van der Waals surface area (Å²) in [5.41, 5.74) is 8.60. The number of carboxylic acid groups (broad SMARTS) is 1. The van der Waals surface area contributed by atoms with Crippen molar-refractivity contribution in [2.24, 2.45) is 5.73 Å². The zero-order chi connectivity index (χ0) is 20.1. The molecule has 0 radical (unpaired) electrons. The third kappa shape index (κ3) is 4.02. The highest BCUT2D eigenvalue weighted by Crippen LogP contribution is 2.44. The lowest BCUT2D eigenvalue weighted by Crippen LogP contribution is -2.52. The number of carbonyl (C=O) groups is 2. The Morgan fingerprint density at radius 2 is 1.64 bits per heavy atom. The van der Waals surface area contributed by atoms with Crippen molar-refractivity contribution in [2.45, 2.75) is 37.6 Å². The van der Waals surface area contributed by atoms with E-state index >= 15 is 0 Å². The number of ether oxygens (including phenoxy) is 1. The molecule has 1 amide bonds. The maximum atomic E-state index is 12.4. The van der Waals surface area contributed by atoms with Crippen molar-refractivity contribution in [1.29, 1.82) is 0 Å². The summed E-state index contributed by atoms with van der Waals surface area (Å²) < 4.78 is 5.45. The van der Waals surface area contributed by atoms with E-state index in [0.717, 1.165) is 22.3 Å². The van der Waals surface area contributed by atoms with Crippen LogP contribution in [0.25, 0.3) is 11.1 Å². The van der Waals surface area contributed by atoms with E-state index in [9.17, 15) is 14.7 Å². The van der Waals surface area contributed by atoms with Crippen LogP contribution in [0.4, 0.5) is 4.79 Å². The number of benzene rings is 2. The summed E-state index contributed by atoms with van der Waals surface area (Å²) in [5.74, 6) is -1.15. The number of carboxylic acids is 1. The predicted octanol–water partition coefficient (Wildman–Crippen LogP) is 3.50. The zero-order valence-corrected chi connectivity index (χ0v) is 16.0. The van der Waals surface area contributed by atoms with Gasteiger partial charge in [0.1, 0.15) is 12.1 Å². The van der Waals surface area contributed by atoms with E-state index in [2.05, 4.69) is 17.4 Å². The lowest BCUT2D eigenvalue weighted by atomic mass is 9.95. The van der Waals surface area contributed by atoms with Crippen LogP contribution >= 0.6 is 0 Å². The van der Waals surface area contributed by atoms with Crippen LogP contribution in [0, 0.1) is 0 Å². The summed E-state index contributed by atoms with van der Waals surface area (Å²) in [5, 5.41) is 12.0. The Balaban J connectivity index is 1.68. The average molecular weight is 382 g/mol. The second-order valence-corrected chi connectivity index (χ2v) is 7.33. The summed E-state index contributed by atoms with van der Waals surface area (Å²) in [6, 6.07) is 16.1. The van der Waals surface area contributed by atoms with Crippen LogP contribution in [0.5, 0.6) is 0 Å². The number of hydrogen-bond donors (Lipinski definition) is 3. The maximum Gasteiger partial charge on any atom is 0.408 e. The van der Waals surface area contributed by atoms with Crippen LogP contribution in [0.2, 0.25) is 0 Å². The number of alkyl carbamates (subject to hydrolysis) is 1. The number of nitrogens with two attached hydrogens (primary N) is 1. The minimum atomic E-state index is -1.38. The predicted molar refractivity (Wildman–Crippen MR) is 107 cm³/mol. The standard InChI is InChI=1S/C22H26N2O4/c1-22(20(25)26,12-6-7-13-23)24-21(27)28-14-19-17-10-4-2-8-15(17)16-9-3-5-11-18(16)19/h2-5,8-11,19H,6-7,12-14,23H2,1H3,(H,24,27)(H,25,26)/t22-/m0/s1. The summed E-state index contributed by atoms with van der Waals surface area (Å²) in [6.07, 6.45) is 0.890. The first-order chi connectivity index (χ1) is 13.5. The van der Waals surface area contributed by atoms with Gasteiger partial charge in [-0.1, -0.05) is 48.5 Å². The Labute approximate surface area is 164 Å². The number of hydrogen-bond acceptors (Lipinski definition) is 4. The molecule has 0 saturated carbocycles. The highest BCUT2D eigenvalue weighted by molar-refractivity contribution is 5.84. The molecule has 1 aliphatic carbocycles. The van der Waals surface area contributed by atoms with E-state index in [1.807, 2.05) is 36.4 Å². The van der Waals surface area contributed by atoms with Gasteiger partial charge in [-0.2, -0.15) is 0 Å². The first kappa shape index (κ1) is 19.9. The Morgan fingerprint density at radius 3 is 2.18 bits per heavy atom. The van der Waals surface area contributed by atoms with Crippen LogP contribution in [0.1, 0.15) is 43.2 Å². The number of fused-ring (bicyclic) bond motifs is 3. The second-order valence-electron chi connectivity index (χ2n) is 7.33. The first-order valence-corrected chi connectivity index (χ1v) is 9.53. The van der Waals surface area contributed by atoms with E-state index in [-0.39, 0.29) is 12.5 Å². The smallest absolute Gasteiger partial charge is 0.408 e. The zero-order valence-electron chi connectivity index (χ0n) is 16.0. The van der Waals surface area contributed by atoms with E-state index in [1.165, 1.54) is 6.92 Å². The van der Waals surface area contributed by atoms with E-state index < -0.39 is 17.6 Å². The lowest BCUT2D eigenvalue weighted by molar-refractivity contribution is -0.144. The maximum absolute atomic E-state index is 12.4. The highest BCUT2D eigenvalue weighted by Gasteiger charge is 2.35. The monoisotopic (exact) mass is 382 g/mol. The molecule has 0 bridgehead atoms. The molecule has 2 aromatic rings. The fraction of sp³-hybridized carbons (Fsp3) is 0.364. The molecule has 0 fully saturated rings. The van der Waals surface area contributed by atoms with Gasteiger partial charge in [0.05, 0.1) is 0 Å². The second kappa shape index (κ2) is 8.44. The van der Waals surface area contributed by atoms with Gasteiger partial charge in [-0.25, -0.2) is 9.59 Å². The molecule has 0 heterocycles. The fourth-order valence-corrected chi connectivity index (χ4v) is 3.71. The molecule has 0 spiro atoms. The molecule has 0 aromatic heterocycles. The third-order valence-corrected chi connectivity index (χ3v) is 5.32. The average Bonchev–Trinajstić information content (AvgIpc) is 3.00. The van der Waals surface area contributed by atoms with Crippen molar-refractivity contribution in [3.63, 3.8) is 0 Å². The number of nitrogens with one attached hydrogen (secondary N) is 1. The van der Waals surface area contributed by atoms with Gasteiger partial charge in [0, 0.05) is 5.92 Å². The van der Waals surface area contributed by atoms with Crippen molar-refractivity contribution >= 4 is 12.1 Å². The minimum absolute atomic E-state index is 0.0634. The first-order valence-electron chi connectivity index (χ1n) is 9.53. The van der Waals surface area contributed by atoms with Gasteiger partial charge in [-0.05, 0) is 55.0 Å². The number of rotatable bonds is 8. The summed E-state index contributed by atoms with van der Waals surface area (Å²) >= 11 is 0. The summed E-state index contributed by atoms with van der Waals surface area (Å²) in [6.45, 7) is 2.13. The molecule has 6 heteroatoms. The Hall–Kier alpha value is -2.86. The van der Waals surface area contributed by atoms with E-state index in [1.54, 1.807) is 0 Å². The number of aliphatic carboxylic acids is 1. The summed E-state index contributed by atoms with van der Waals surface area (Å²) in [4.78, 5) is 24.0. The molecule has 2 aromatic carbocycles. The van der Waals surface area contributed by atoms with Crippen LogP contribution in [-0.2, 0) is 9.53 Å². The minimum Gasteiger partial charge on any atom is -0.480 e. The molecule has 1 aliphatic rings. The highest BCUT2D eigenvalue weighted by atomic mass is 16.5. The summed E-state index contributed by atoms with van der Waals surface area (Å²) in [7, 11) is 0. The Bertz CT molecular complexity index is 822. The molecule has 148 valence electrons. The van der Waals surface area contributed by atoms with Gasteiger partial charge in [-0.3, -0.25) is 0 Å². The Kier molecular flexibility index (Phi) is 5.99. The van der Waals surface area contributed by atoms with E-state index in [4.69, 9.17) is 10.5 Å². The van der Waals surface area contributed by atoms with Crippen LogP contribution < -0.4 is 11.1 Å². The molecule has 0 unspecified atom stereocenters. The van der Waals surface area contributed by atoms with Gasteiger partial charge in [0.25, 0.3) is 0 Å². The van der Waals surface area contributed by atoms with Gasteiger partial charge in [0.15, 0.2) is 0 Å². The van der Waals surface area contributed by atoms with Crippen LogP contribution in [-0.4, -0.2) is 35.9 Å². The van der Waals surface area contributed by atoms with Crippen molar-refractivity contribution in [2.75, 3.05) is 13.2 Å². The normalized spacial score (nSPS) is 14.6. The molecule has 4 N–H and O–H groups in total. The van der Waals surface area contributed by atoms with Crippen LogP contribution in [0.3, 0.4) is 0 Å². The molecule has 0 aliphatic heterocycles. The van der Waals surface area contributed by atoms with Crippen molar-refractivity contribution in [3.8, 4) is 11.1 Å². The Morgan fingerprint density at radius 1 is 1.07 bits per heavy atom. The van der Waals surface area contributed by atoms with Gasteiger partial charge < -0.3 is 20.9 Å². The van der Waals surface area contributed by atoms with Crippen molar-refractivity contribution in [1.82, 2.24) is 5.32 Å². The number of unbranched alkanes of at least 4 members (excludes halogenated alkanes) is 1. The van der Waals surface area contributed by atoms with Gasteiger partial charge >= 0.3 is 12.1 Å². The molecule has 28 heavy (non-hydrogen) atoms. The molecular weight excluding hydrogens is 356 g/mol. The van der Waals surface area contributed by atoms with Crippen molar-refractivity contribution < 1.29 is 19.4 Å². The molecule has 6 nitrogen and oxygen atoms in total. The molecule has 0 saturated heterocycles. The van der Waals surface area contributed by atoms with Gasteiger partial charge in [0.2, 0.25) is 0 Å².